The molecule has 0 aromatic heterocycles. The molecule has 0 saturated heterocycles. The van der Waals surface area contributed by atoms with Gasteiger partial charge in [-0.05, 0) is 36.6 Å². The normalized spacial score (nSPS) is 10.4. The van der Waals surface area contributed by atoms with Crippen LogP contribution in [0, 0.1) is 0 Å². The SMILES string of the molecule is COc1ccc(C(=O)OCC(=O)Nc2ccccc2C(C)=O)c2ccccc12. The topological polar surface area (TPSA) is 81.7 Å². The average molecular weight is 377 g/mol. The van der Waals surface area contributed by atoms with Crippen LogP contribution >= 0.6 is 0 Å². The molecule has 0 aliphatic carbocycles. The lowest BCUT2D eigenvalue weighted by atomic mass is 10.0. The fourth-order valence-corrected chi connectivity index (χ4v) is 2.92. The van der Waals surface area contributed by atoms with Crippen molar-refractivity contribution in [1.29, 1.82) is 0 Å². The monoisotopic (exact) mass is 377 g/mol. The van der Waals surface area contributed by atoms with Crippen molar-refractivity contribution in [2.45, 2.75) is 6.92 Å². The molecule has 142 valence electrons. The molecule has 1 N–H and O–H groups in total. The fraction of sp³-hybridized carbons (Fsp3) is 0.136. The van der Waals surface area contributed by atoms with E-state index in [-0.39, 0.29) is 5.78 Å². The molecular weight excluding hydrogens is 358 g/mol. The number of ketones is 1. The quantitative estimate of drug-likeness (QED) is 0.521. The maximum absolute atomic E-state index is 12.5. The minimum absolute atomic E-state index is 0.169. The molecule has 6 heteroatoms. The number of carbonyl (C=O) groups excluding carboxylic acids is 3. The van der Waals surface area contributed by atoms with Gasteiger partial charge in [-0.25, -0.2) is 4.79 Å². The summed E-state index contributed by atoms with van der Waals surface area (Å²) in [6.07, 6.45) is 0. The molecule has 0 aliphatic rings. The number of rotatable bonds is 6. The molecule has 0 heterocycles. The Bertz CT molecular complexity index is 1060. The third-order valence-corrected chi connectivity index (χ3v) is 4.24. The van der Waals surface area contributed by atoms with E-state index in [0.29, 0.717) is 28.0 Å². The summed E-state index contributed by atoms with van der Waals surface area (Å²) in [6, 6.07) is 17.2. The second kappa shape index (κ2) is 8.35. The van der Waals surface area contributed by atoms with Crippen LogP contribution in [-0.2, 0) is 9.53 Å². The molecule has 3 aromatic carbocycles. The molecule has 0 saturated carbocycles. The minimum atomic E-state index is -0.617. The van der Waals surface area contributed by atoms with Crippen LogP contribution in [0.1, 0.15) is 27.6 Å². The number of amides is 1. The number of hydrogen-bond donors (Lipinski definition) is 1. The van der Waals surface area contributed by atoms with Crippen LogP contribution in [0.15, 0.2) is 60.7 Å². The average Bonchev–Trinajstić information content (AvgIpc) is 2.71. The number of hydrogen-bond acceptors (Lipinski definition) is 5. The Balaban J connectivity index is 1.72. The van der Waals surface area contributed by atoms with Crippen LogP contribution in [0.3, 0.4) is 0 Å². The molecule has 0 unspecified atom stereocenters. The molecular formula is C22H19NO5. The number of methoxy groups -OCH3 is 1. The fourth-order valence-electron chi connectivity index (χ4n) is 2.92. The number of ether oxygens (including phenoxy) is 2. The summed E-state index contributed by atoms with van der Waals surface area (Å²) in [7, 11) is 1.56. The Labute approximate surface area is 162 Å². The highest BCUT2D eigenvalue weighted by atomic mass is 16.5. The van der Waals surface area contributed by atoms with Gasteiger partial charge in [-0.3, -0.25) is 9.59 Å². The van der Waals surface area contributed by atoms with E-state index in [4.69, 9.17) is 9.47 Å². The van der Waals surface area contributed by atoms with Gasteiger partial charge in [-0.15, -0.1) is 0 Å². The number of benzene rings is 3. The first kappa shape index (κ1) is 19.1. The lowest BCUT2D eigenvalue weighted by Gasteiger charge is -2.11. The summed E-state index contributed by atoms with van der Waals surface area (Å²) < 4.78 is 10.5. The van der Waals surface area contributed by atoms with Crippen LogP contribution in [0.4, 0.5) is 5.69 Å². The van der Waals surface area contributed by atoms with Crippen molar-refractivity contribution in [3.05, 3.63) is 71.8 Å². The second-order valence-electron chi connectivity index (χ2n) is 6.09. The van der Waals surface area contributed by atoms with E-state index < -0.39 is 18.5 Å². The van der Waals surface area contributed by atoms with E-state index in [9.17, 15) is 14.4 Å². The lowest BCUT2D eigenvalue weighted by Crippen LogP contribution is -2.22. The molecule has 0 fully saturated rings. The number of para-hydroxylation sites is 1. The van der Waals surface area contributed by atoms with E-state index in [0.717, 1.165) is 5.39 Å². The Morgan fingerprint density at radius 3 is 2.25 bits per heavy atom. The summed E-state index contributed by atoms with van der Waals surface area (Å²) in [5.74, 6) is -0.669. The van der Waals surface area contributed by atoms with Crippen LogP contribution in [0.25, 0.3) is 10.8 Å². The number of esters is 1. The van der Waals surface area contributed by atoms with Crippen LogP contribution in [0.2, 0.25) is 0 Å². The van der Waals surface area contributed by atoms with E-state index in [1.807, 2.05) is 18.2 Å². The predicted octanol–water partition coefficient (Wildman–Crippen LogP) is 3.85. The summed E-state index contributed by atoms with van der Waals surface area (Å²) in [5, 5.41) is 4.05. The van der Waals surface area contributed by atoms with Gasteiger partial charge in [0.1, 0.15) is 5.75 Å². The first-order valence-electron chi connectivity index (χ1n) is 8.64. The van der Waals surface area contributed by atoms with Gasteiger partial charge in [-0.2, -0.15) is 0 Å². The van der Waals surface area contributed by atoms with Gasteiger partial charge in [0.25, 0.3) is 5.91 Å². The van der Waals surface area contributed by atoms with Crippen molar-refractivity contribution in [2.24, 2.45) is 0 Å². The third kappa shape index (κ3) is 4.01. The smallest absolute Gasteiger partial charge is 0.339 e. The number of carbonyl (C=O) groups is 3. The zero-order chi connectivity index (χ0) is 20.1. The predicted molar refractivity (Wildman–Crippen MR) is 106 cm³/mol. The van der Waals surface area contributed by atoms with Gasteiger partial charge in [0.15, 0.2) is 12.4 Å². The van der Waals surface area contributed by atoms with Gasteiger partial charge in [0.2, 0.25) is 0 Å². The molecule has 28 heavy (non-hydrogen) atoms. The van der Waals surface area contributed by atoms with Gasteiger partial charge < -0.3 is 14.8 Å². The summed E-state index contributed by atoms with van der Waals surface area (Å²) >= 11 is 0. The van der Waals surface area contributed by atoms with Gasteiger partial charge in [-0.1, -0.05) is 36.4 Å². The largest absolute Gasteiger partial charge is 0.496 e. The van der Waals surface area contributed by atoms with Gasteiger partial charge in [0.05, 0.1) is 18.4 Å². The van der Waals surface area contributed by atoms with Crippen molar-refractivity contribution in [1.82, 2.24) is 0 Å². The van der Waals surface area contributed by atoms with Crippen LogP contribution in [0.5, 0.6) is 5.75 Å². The maximum atomic E-state index is 12.5. The van der Waals surface area contributed by atoms with Crippen molar-refractivity contribution in [2.75, 3.05) is 19.0 Å². The van der Waals surface area contributed by atoms with E-state index in [2.05, 4.69) is 5.32 Å². The Morgan fingerprint density at radius 2 is 1.54 bits per heavy atom. The Morgan fingerprint density at radius 1 is 0.857 bits per heavy atom. The van der Waals surface area contributed by atoms with Crippen molar-refractivity contribution >= 4 is 34.1 Å². The summed E-state index contributed by atoms with van der Waals surface area (Å²) in [6.45, 7) is 0.950. The molecule has 0 radical (unpaired) electrons. The molecule has 0 atom stereocenters. The highest BCUT2D eigenvalue weighted by Crippen LogP contribution is 2.28. The van der Waals surface area contributed by atoms with E-state index in [1.54, 1.807) is 49.6 Å². The summed E-state index contributed by atoms with van der Waals surface area (Å²) in [5.41, 5.74) is 1.11. The first-order chi connectivity index (χ1) is 13.5. The molecule has 3 rings (SSSR count). The van der Waals surface area contributed by atoms with Gasteiger partial charge in [0, 0.05) is 10.9 Å². The highest BCUT2D eigenvalue weighted by molar-refractivity contribution is 6.07. The van der Waals surface area contributed by atoms with E-state index in [1.165, 1.54) is 6.92 Å². The molecule has 0 spiro atoms. The number of nitrogens with one attached hydrogen (secondary N) is 1. The van der Waals surface area contributed by atoms with Crippen molar-refractivity contribution in [3.8, 4) is 5.75 Å². The standard InChI is InChI=1S/C22H19NO5/c1-14(24)15-7-5-6-10-19(15)23-21(25)13-28-22(26)18-11-12-20(27-2)17-9-4-3-8-16(17)18/h3-12H,13H2,1-2H3,(H,23,25). The minimum Gasteiger partial charge on any atom is -0.496 e. The van der Waals surface area contributed by atoms with Crippen molar-refractivity contribution in [3.63, 3.8) is 0 Å². The first-order valence-corrected chi connectivity index (χ1v) is 8.64. The van der Waals surface area contributed by atoms with Gasteiger partial charge >= 0.3 is 5.97 Å². The molecule has 1 amide bonds. The highest BCUT2D eigenvalue weighted by Gasteiger charge is 2.16. The third-order valence-electron chi connectivity index (χ3n) is 4.24. The molecule has 0 bridgehead atoms. The molecule has 0 aliphatic heterocycles. The maximum Gasteiger partial charge on any atom is 0.339 e. The Hall–Kier alpha value is -3.67. The molecule has 6 nitrogen and oxygen atoms in total. The van der Waals surface area contributed by atoms with Crippen LogP contribution < -0.4 is 10.1 Å². The van der Waals surface area contributed by atoms with Crippen LogP contribution in [-0.4, -0.2) is 31.4 Å². The number of Topliss-reactive ketones (excluding diaryl/α,β-unsaturated/α-hetero) is 1. The molecule has 3 aromatic rings. The van der Waals surface area contributed by atoms with Crippen molar-refractivity contribution < 1.29 is 23.9 Å². The lowest BCUT2D eigenvalue weighted by molar-refractivity contribution is -0.119. The zero-order valence-corrected chi connectivity index (χ0v) is 15.5. The Kier molecular flexibility index (Phi) is 5.69. The zero-order valence-electron chi connectivity index (χ0n) is 15.5. The summed E-state index contributed by atoms with van der Waals surface area (Å²) in [4.78, 5) is 36.3. The number of anilines is 1. The second-order valence-corrected chi connectivity index (χ2v) is 6.09. The number of fused-ring (bicyclic) bond motifs is 1. The van der Waals surface area contributed by atoms with E-state index >= 15 is 0 Å².